The molecule has 0 saturated carbocycles. The van der Waals surface area contributed by atoms with Gasteiger partial charge in [-0.3, -0.25) is 4.79 Å². The normalized spacial score (nSPS) is 10.3. The van der Waals surface area contributed by atoms with Gasteiger partial charge >= 0.3 is 0 Å². The van der Waals surface area contributed by atoms with Crippen LogP contribution in [0.2, 0.25) is 0 Å². The number of ether oxygens (including phenoxy) is 2. The van der Waals surface area contributed by atoms with E-state index in [0.717, 1.165) is 22.4 Å². The number of rotatable bonds is 6. The van der Waals surface area contributed by atoms with Crippen LogP contribution in [0.1, 0.15) is 11.1 Å². The maximum absolute atomic E-state index is 12.1. The van der Waals surface area contributed by atoms with Crippen molar-refractivity contribution < 1.29 is 14.3 Å². The molecule has 0 saturated heterocycles. The van der Waals surface area contributed by atoms with Crippen LogP contribution in [0.3, 0.4) is 0 Å². The molecule has 2 aromatic carbocycles. The van der Waals surface area contributed by atoms with Gasteiger partial charge in [0.15, 0.2) is 6.61 Å². The molecular formula is C21H21N3O3. The SMILES string of the molecule is COc1ccc(-c2ccc(NC(=O)COc3ccc(C)cc3C)cc2)nn1. The number of nitrogens with zero attached hydrogens (tertiary/aromatic N) is 2. The van der Waals surface area contributed by atoms with Gasteiger partial charge in [-0.2, -0.15) is 0 Å². The fraction of sp³-hybridized carbons (Fsp3) is 0.190. The van der Waals surface area contributed by atoms with Crippen molar-refractivity contribution in [3.63, 3.8) is 0 Å². The number of hydrogen-bond donors (Lipinski definition) is 1. The lowest BCUT2D eigenvalue weighted by Crippen LogP contribution is -2.20. The number of anilines is 1. The minimum Gasteiger partial charge on any atom is -0.483 e. The number of carbonyl (C=O) groups excluding carboxylic acids is 1. The van der Waals surface area contributed by atoms with Gasteiger partial charge in [-0.25, -0.2) is 0 Å². The van der Waals surface area contributed by atoms with Gasteiger partial charge in [0.25, 0.3) is 5.91 Å². The van der Waals surface area contributed by atoms with Crippen molar-refractivity contribution in [1.82, 2.24) is 10.2 Å². The number of nitrogens with one attached hydrogen (secondary N) is 1. The first-order valence-electron chi connectivity index (χ1n) is 8.53. The van der Waals surface area contributed by atoms with Gasteiger partial charge in [0.2, 0.25) is 5.88 Å². The Balaban J connectivity index is 1.57. The van der Waals surface area contributed by atoms with Crippen molar-refractivity contribution in [3.05, 3.63) is 65.7 Å². The lowest BCUT2D eigenvalue weighted by atomic mass is 10.1. The molecule has 0 spiro atoms. The Morgan fingerprint density at radius 2 is 1.78 bits per heavy atom. The van der Waals surface area contributed by atoms with Crippen molar-refractivity contribution in [2.45, 2.75) is 13.8 Å². The van der Waals surface area contributed by atoms with Crippen LogP contribution in [0.25, 0.3) is 11.3 Å². The summed E-state index contributed by atoms with van der Waals surface area (Å²) in [6.45, 7) is 3.93. The molecule has 1 amide bonds. The summed E-state index contributed by atoms with van der Waals surface area (Å²) in [5, 5.41) is 10.9. The minimum atomic E-state index is -0.216. The zero-order valence-electron chi connectivity index (χ0n) is 15.5. The third kappa shape index (κ3) is 4.82. The van der Waals surface area contributed by atoms with Crippen LogP contribution in [-0.4, -0.2) is 29.8 Å². The van der Waals surface area contributed by atoms with Crippen LogP contribution >= 0.6 is 0 Å². The van der Waals surface area contributed by atoms with Gasteiger partial charge in [0, 0.05) is 17.3 Å². The van der Waals surface area contributed by atoms with E-state index < -0.39 is 0 Å². The maximum Gasteiger partial charge on any atom is 0.262 e. The largest absolute Gasteiger partial charge is 0.483 e. The van der Waals surface area contributed by atoms with E-state index in [2.05, 4.69) is 15.5 Å². The second-order valence-electron chi connectivity index (χ2n) is 6.14. The Kier molecular flexibility index (Phi) is 5.66. The molecule has 6 heteroatoms. The van der Waals surface area contributed by atoms with Gasteiger partial charge in [-0.1, -0.05) is 29.8 Å². The van der Waals surface area contributed by atoms with Gasteiger partial charge in [0.1, 0.15) is 5.75 Å². The van der Waals surface area contributed by atoms with E-state index in [9.17, 15) is 4.79 Å². The predicted octanol–water partition coefficient (Wildman–Crippen LogP) is 3.79. The second kappa shape index (κ2) is 8.31. The molecule has 0 bridgehead atoms. The molecule has 0 aliphatic rings. The number of aromatic nitrogens is 2. The Morgan fingerprint density at radius 1 is 1.00 bits per heavy atom. The van der Waals surface area contributed by atoms with Crippen LogP contribution in [-0.2, 0) is 4.79 Å². The molecule has 0 aliphatic heterocycles. The first-order valence-corrected chi connectivity index (χ1v) is 8.53. The van der Waals surface area contributed by atoms with E-state index in [-0.39, 0.29) is 12.5 Å². The number of methoxy groups -OCH3 is 1. The summed E-state index contributed by atoms with van der Waals surface area (Å²) in [6, 6.07) is 16.8. The standard InChI is InChI=1S/C21H21N3O3/c1-14-4-10-19(15(2)12-14)27-13-20(25)22-17-7-5-16(6-8-17)18-9-11-21(26-3)24-23-18/h4-12H,13H2,1-3H3,(H,22,25). The maximum atomic E-state index is 12.1. The quantitative estimate of drug-likeness (QED) is 0.721. The van der Waals surface area contributed by atoms with Crippen LogP contribution in [0.5, 0.6) is 11.6 Å². The van der Waals surface area contributed by atoms with Crippen LogP contribution in [0.4, 0.5) is 5.69 Å². The summed E-state index contributed by atoms with van der Waals surface area (Å²) < 4.78 is 10.6. The van der Waals surface area contributed by atoms with E-state index in [1.54, 1.807) is 13.2 Å². The molecule has 0 atom stereocenters. The summed E-state index contributed by atoms with van der Waals surface area (Å²) >= 11 is 0. The third-order valence-corrected chi connectivity index (χ3v) is 4.00. The molecule has 138 valence electrons. The molecule has 1 heterocycles. The lowest BCUT2D eigenvalue weighted by Gasteiger charge is -2.10. The fourth-order valence-electron chi connectivity index (χ4n) is 2.61. The number of benzene rings is 2. The fourth-order valence-corrected chi connectivity index (χ4v) is 2.61. The molecule has 27 heavy (non-hydrogen) atoms. The van der Waals surface area contributed by atoms with Crippen molar-refractivity contribution in [2.24, 2.45) is 0 Å². The molecule has 1 N–H and O–H groups in total. The Labute approximate surface area is 158 Å². The highest BCUT2D eigenvalue weighted by Crippen LogP contribution is 2.21. The molecule has 0 aliphatic carbocycles. The Hall–Kier alpha value is -3.41. The summed E-state index contributed by atoms with van der Waals surface area (Å²) in [5.74, 6) is 0.961. The lowest BCUT2D eigenvalue weighted by molar-refractivity contribution is -0.118. The molecule has 1 aromatic heterocycles. The smallest absolute Gasteiger partial charge is 0.262 e. The molecule has 0 unspecified atom stereocenters. The number of hydrogen-bond acceptors (Lipinski definition) is 5. The van der Waals surface area contributed by atoms with Crippen LogP contribution < -0.4 is 14.8 Å². The Morgan fingerprint density at radius 3 is 2.41 bits per heavy atom. The molecule has 6 nitrogen and oxygen atoms in total. The van der Waals surface area contributed by atoms with Gasteiger partial charge in [-0.15, -0.1) is 10.2 Å². The van der Waals surface area contributed by atoms with Gasteiger partial charge < -0.3 is 14.8 Å². The average molecular weight is 363 g/mol. The molecule has 3 rings (SSSR count). The number of aryl methyl sites for hydroxylation is 2. The number of amides is 1. The van der Waals surface area contributed by atoms with E-state index >= 15 is 0 Å². The van der Waals surface area contributed by atoms with Crippen LogP contribution in [0.15, 0.2) is 54.6 Å². The average Bonchev–Trinajstić information content (AvgIpc) is 2.68. The summed E-state index contributed by atoms with van der Waals surface area (Å²) in [7, 11) is 1.55. The first-order chi connectivity index (χ1) is 13.0. The van der Waals surface area contributed by atoms with E-state index in [0.29, 0.717) is 17.3 Å². The Bertz CT molecular complexity index is 922. The van der Waals surface area contributed by atoms with Crippen LogP contribution in [0, 0.1) is 13.8 Å². The van der Waals surface area contributed by atoms with Gasteiger partial charge in [-0.05, 0) is 43.7 Å². The number of carbonyl (C=O) groups is 1. The molecular weight excluding hydrogens is 342 g/mol. The topological polar surface area (TPSA) is 73.3 Å². The van der Waals surface area contributed by atoms with Crippen molar-refractivity contribution in [2.75, 3.05) is 19.0 Å². The first kappa shape index (κ1) is 18.4. The minimum absolute atomic E-state index is 0.0460. The zero-order chi connectivity index (χ0) is 19.2. The van der Waals surface area contributed by atoms with E-state index in [4.69, 9.17) is 9.47 Å². The van der Waals surface area contributed by atoms with Crippen molar-refractivity contribution in [3.8, 4) is 22.9 Å². The highest BCUT2D eigenvalue weighted by atomic mass is 16.5. The molecule has 3 aromatic rings. The second-order valence-corrected chi connectivity index (χ2v) is 6.14. The third-order valence-electron chi connectivity index (χ3n) is 4.00. The highest BCUT2D eigenvalue weighted by Gasteiger charge is 2.07. The highest BCUT2D eigenvalue weighted by molar-refractivity contribution is 5.92. The summed E-state index contributed by atoms with van der Waals surface area (Å²) in [5.41, 5.74) is 4.48. The summed E-state index contributed by atoms with van der Waals surface area (Å²) in [6.07, 6.45) is 0. The van der Waals surface area contributed by atoms with Crippen molar-refractivity contribution >= 4 is 11.6 Å². The van der Waals surface area contributed by atoms with Crippen molar-refractivity contribution in [1.29, 1.82) is 0 Å². The van der Waals surface area contributed by atoms with E-state index in [1.807, 2.05) is 62.4 Å². The summed E-state index contributed by atoms with van der Waals surface area (Å²) in [4.78, 5) is 12.1. The predicted molar refractivity (Wildman–Crippen MR) is 104 cm³/mol. The molecule has 0 radical (unpaired) electrons. The van der Waals surface area contributed by atoms with E-state index in [1.165, 1.54) is 0 Å². The zero-order valence-corrected chi connectivity index (χ0v) is 15.5. The monoisotopic (exact) mass is 363 g/mol. The van der Waals surface area contributed by atoms with Gasteiger partial charge in [0.05, 0.1) is 12.8 Å². The molecule has 0 fully saturated rings.